The number of carbonyl (C=O) groups is 1. The fourth-order valence-electron chi connectivity index (χ4n) is 2.56. The summed E-state index contributed by atoms with van der Waals surface area (Å²) in [5.74, 6) is -0.358. The number of nitrogens with two attached hydrogens (primary N) is 1. The van der Waals surface area contributed by atoms with Crippen LogP contribution in [0.1, 0.15) is 34.3 Å². The highest BCUT2D eigenvalue weighted by molar-refractivity contribution is 7.14. The zero-order valence-corrected chi connectivity index (χ0v) is 16.0. The zero-order chi connectivity index (χ0) is 19.3. The van der Waals surface area contributed by atoms with Crippen molar-refractivity contribution in [2.24, 2.45) is 0 Å². The summed E-state index contributed by atoms with van der Waals surface area (Å²) in [7, 11) is 1.51. The van der Waals surface area contributed by atoms with Crippen molar-refractivity contribution < 1.29 is 9.53 Å². The van der Waals surface area contributed by atoms with Crippen LogP contribution < -0.4 is 21.9 Å². The molecule has 0 saturated carbocycles. The highest BCUT2D eigenvalue weighted by Crippen LogP contribution is 2.23. The first-order valence-corrected chi connectivity index (χ1v) is 9.22. The molecule has 2 aromatic rings. The van der Waals surface area contributed by atoms with Gasteiger partial charge in [-0.15, -0.1) is 11.3 Å². The Morgan fingerprint density at radius 1 is 1.38 bits per heavy atom. The van der Waals surface area contributed by atoms with Crippen LogP contribution in [0.3, 0.4) is 0 Å². The Kier molecular flexibility index (Phi) is 6.76. The number of amides is 1. The number of nitrogens with zero attached hydrogens (tertiary/aromatic N) is 2. The van der Waals surface area contributed by atoms with Gasteiger partial charge in [-0.1, -0.05) is 13.3 Å². The molecule has 3 N–H and O–H groups in total. The molecule has 2 aromatic heterocycles. The molecule has 0 saturated heterocycles. The van der Waals surface area contributed by atoms with Gasteiger partial charge in [-0.2, -0.15) is 0 Å². The molecule has 0 bridgehead atoms. The SMILES string of the molecule is CCCCn1c(N)c(N(CCOC)C(=O)c2ccc(C)s2)c(=O)[nH]c1=O. The predicted octanol–water partition coefficient (Wildman–Crippen LogP) is 1.58. The van der Waals surface area contributed by atoms with E-state index >= 15 is 0 Å². The van der Waals surface area contributed by atoms with Gasteiger partial charge in [0, 0.05) is 25.1 Å². The average molecular weight is 380 g/mol. The number of aromatic nitrogens is 2. The summed E-state index contributed by atoms with van der Waals surface area (Å²) in [6.07, 6.45) is 1.59. The van der Waals surface area contributed by atoms with Crippen molar-refractivity contribution in [2.75, 3.05) is 30.9 Å². The molecule has 0 radical (unpaired) electrons. The van der Waals surface area contributed by atoms with Gasteiger partial charge in [0.1, 0.15) is 5.82 Å². The number of hydrogen-bond acceptors (Lipinski definition) is 6. The second-order valence-corrected chi connectivity index (χ2v) is 7.15. The lowest BCUT2D eigenvalue weighted by Gasteiger charge is -2.23. The molecular weight excluding hydrogens is 356 g/mol. The number of aromatic amines is 1. The van der Waals surface area contributed by atoms with E-state index in [-0.39, 0.29) is 30.6 Å². The standard InChI is InChI=1S/C17H24N4O4S/c1-4-5-8-21-14(18)13(15(22)19-17(21)24)20(9-10-25-3)16(23)12-7-6-11(2)26-12/h6-7H,4-5,8-10,18H2,1-3H3,(H,19,22,24). The molecule has 0 aliphatic rings. The summed E-state index contributed by atoms with van der Waals surface area (Å²) in [5, 5.41) is 0. The summed E-state index contributed by atoms with van der Waals surface area (Å²) in [4.78, 5) is 42.5. The first-order valence-electron chi connectivity index (χ1n) is 8.40. The smallest absolute Gasteiger partial charge is 0.330 e. The van der Waals surface area contributed by atoms with Gasteiger partial charge in [0.15, 0.2) is 5.69 Å². The van der Waals surface area contributed by atoms with E-state index in [9.17, 15) is 14.4 Å². The van der Waals surface area contributed by atoms with Gasteiger partial charge < -0.3 is 10.5 Å². The Hall–Kier alpha value is -2.39. The van der Waals surface area contributed by atoms with Gasteiger partial charge in [0.2, 0.25) is 0 Å². The molecule has 26 heavy (non-hydrogen) atoms. The number of nitrogen functional groups attached to an aromatic ring is 1. The highest BCUT2D eigenvalue weighted by atomic mass is 32.1. The number of rotatable bonds is 8. The number of nitrogens with one attached hydrogen (secondary N) is 1. The van der Waals surface area contributed by atoms with Crippen molar-refractivity contribution in [3.05, 3.63) is 42.7 Å². The number of H-pyrrole nitrogens is 1. The second-order valence-electron chi connectivity index (χ2n) is 5.86. The second kappa shape index (κ2) is 8.81. The van der Waals surface area contributed by atoms with Crippen LogP contribution >= 0.6 is 11.3 Å². The molecule has 0 aliphatic heterocycles. The molecule has 0 atom stereocenters. The largest absolute Gasteiger partial charge is 0.383 e. The van der Waals surface area contributed by atoms with E-state index in [1.54, 1.807) is 6.07 Å². The van der Waals surface area contributed by atoms with Crippen LogP contribution in [-0.2, 0) is 11.3 Å². The quantitative estimate of drug-likeness (QED) is 0.722. The van der Waals surface area contributed by atoms with E-state index in [1.165, 1.54) is 27.9 Å². The molecule has 2 rings (SSSR count). The van der Waals surface area contributed by atoms with E-state index < -0.39 is 11.2 Å². The zero-order valence-electron chi connectivity index (χ0n) is 15.2. The number of unbranched alkanes of at least 4 members (excludes halogenated alkanes) is 1. The van der Waals surface area contributed by atoms with Crippen molar-refractivity contribution in [2.45, 2.75) is 33.2 Å². The predicted molar refractivity (Wildman–Crippen MR) is 103 cm³/mol. The van der Waals surface area contributed by atoms with Gasteiger partial charge in [-0.05, 0) is 25.5 Å². The molecule has 2 heterocycles. The first kappa shape index (κ1) is 19.9. The minimum Gasteiger partial charge on any atom is -0.383 e. The minimum absolute atomic E-state index is 0.00932. The fraction of sp³-hybridized carbons (Fsp3) is 0.471. The Bertz CT molecular complexity index is 884. The van der Waals surface area contributed by atoms with Crippen LogP contribution in [0.15, 0.2) is 21.7 Å². The van der Waals surface area contributed by atoms with Crippen LogP contribution in [0.25, 0.3) is 0 Å². The maximum atomic E-state index is 13.0. The Morgan fingerprint density at radius 2 is 2.12 bits per heavy atom. The number of carbonyl (C=O) groups excluding carboxylic acids is 1. The van der Waals surface area contributed by atoms with Crippen LogP contribution in [0.5, 0.6) is 0 Å². The molecule has 0 spiro atoms. The monoisotopic (exact) mass is 380 g/mol. The normalized spacial score (nSPS) is 10.9. The molecule has 8 nitrogen and oxygen atoms in total. The number of hydrogen-bond donors (Lipinski definition) is 2. The van der Waals surface area contributed by atoms with Gasteiger partial charge in [0.05, 0.1) is 11.5 Å². The van der Waals surface area contributed by atoms with Crippen molar-refractivity contribution in [1.82, 2.24) is 9.55 Å². The third kappa shape index (κ3) is 4.23. The summed E-state index contributed by atoms with van der Waals surface area (Å²) in [6, 6.07) is 3.54. The number of methoxy groups -OCH3 is 1. The molecule has 0 aliphatic carbocycles. The lowest BCUT2D eigenvalue weighted by Crippen LogP contribution is -2.42. The molecule has 142 valence electrons. The molecule has 9 heteroatoms. The topological polar surface area (TPSA) is 110 Å². The molecule has 0 aromatic carbocycles. The lowest BCUT2D eigenvalue weighted by molar-refractivity contribution is 0.0979. The van der Waals surface area contributed by atoms with E-state index in [4.69, 9.17) is 10.5 Å². The number of ether oxygens (including phenoxy) is 1. The van der Waals surface area contributed by atoms with Crippen LogP contribution in [0.4, 0.5) is 11.5 Å². The summed E-state index contributed by atoms with van der Waals surface area (Å²) in [5.41, 5.74) is 4.86. The Labute approximate surface area is 155 Å². The summed E-state index contributed by atoms with van der Waals surface area (Å²) >= 11 is 1.33. The maximum absolute atomic E-state index is 13.0. The van der Waals surface area contributed by atoms with Crippen molar-refractivity contribution in [3.63, 3.8) is 0 Å². The van der Waals surface area contributed by atoms with Crippen molar-refractivity contribution in [1.29, 1.82) is 0 Å². The van der Waals surface area contributed by atoms with E-state index in [0.29, 0.717) is 11.4 Å². The van der Waals surface area contributed by atoms with E-state index in [2.05, 4.69) is 4.98 Å². The van der Waals surface area contributed by atoms with Gasteiger partial charge >= 0.3 is 5.69 Å². The number of anilines is 2. The maximum Gasteiger partial charge on any atom is 0.330 e. The van der Waals surface area contributed by atoms with Crippen LogP contribution in [0.2, 0.25) is 0 Å². The molecule has 0 fully saturated rings. The van der Waals surface area contributed by atoms with Gasteiger partial charge in [-0.3, -0.25) is 24.0 Å². The van der Waals surface area contributed by atoms with Crippen LogP contribution in [-0.4, -0.2) is 35.7 Å². The average Bonchev–Trinajstić information content (AvgIpc) is 3.03. The Morgan fingerprint density at radius 3 is 2.69 bits per heavy atom. The fourth-order valence-corrected chi connectivity index (χ4v) is 3.37. The first-order chi connectivity index (χ1) is 12.4. The highest BCUT2D eigenvalue weighted by Gasteiger charge is 2.25. The third-order valence-corrected chi connectivity index (χ3v) is 4.92. The van der Waals surface area contributed by atoms with Gasteiger partial charge in [-0.25, -0.2) is 4.79 Å². The van der Waals surface area contributed by atoms with Crippen LogP contribution in [0, 0.1) is 6.92 Å². The number of aryl methyl sites for hydroxylation is 1. The summed E-state index contributed by atoms with van der Waals surface area (Å²) in [6.45, 7) is 4.62. The lowest BCUT2D eigenvalue weighted by atomic mass is 10.3. The van der Waals surface area contributed by atoms with Crippen molar-refractivity contribution >= 4 is 28.7 Å². The van der Waals surface area contributed by atoms with Crippen molar-refractivity contribution in [3.8, 4) is 0 Å². The molecule has 0 unspecified atom stereocenters. The van der Waals surface area contributed by atoms with E-state index in [0.717, 1.165) is 17.7 Å². The Balaban J connectivity index is 2.55. The summed E-state index contributed by atoms with van der Waals surface area (Å²) < 4.78 is 6.37. The van der Waals surface area contributed by atoms with Gasteiger partial charge in [0.25, 0.3) is 11.5 Å². The third-order valence-electron chi connectivity index (χ3n) is 3.93. The minimum atomic E-state index is -0.682. The number of thiophene rings is 1. The molecule has 1 amide bonds. The molecular formula is C17H24N4O4S. The van der Waals surface area contributed by atoms with E-state index in [1.807, 2.05) is 19.9 Å².